The number of ether oxygens (including phenoxy) is 1. The van der Waals surface area contributed by atoms with E-state index in [0.29, 0.717) is 18.4 Å². The van der Waals surface area contributed by atoms with Crippen molar-refractivity contribution in [2.45, 2.75) is 26.9 Å². The van der Waals surface area contributed by atoms with E-state index in [1.54, 1.807) is 0 Å². The van der Waals surface area contributed by atoms with Gasteiger partial charge in [-0.2, -0.15) is 0 Å². The molecule has 22 heavy (non-hydrogen) atoms. The van der Waals surface area contributed by atoms with E-state index >= 15 is 0 Å². The first-order valence-corrected chi connectivity index (χ1v) is 8.05. The van der Waals surface area contributed by atoms with Gasteiger partial charge in [0.05, 0.1) is 19.8 Å². The highest BCUT2D eigenvalue weighted by molar-refractivity contribution is 5.77. The quantitative estimate of drug-likeness (QED) is 0.619. The average Bonchev–Trinajstić information content (AvgIpc) is 2.53. The summed E-state index contributed by atoms with van der Waals surface area (Å²) in [4.78, 5) is 6.79. The van der Waals surface area contributed by atoms with Gasteiger partial charge in [0.1, 0.15) is 0 Å². The van der Waals surface area contributed by atoms with Crippen molar-refractivity contribution >= 4 is 5.96 Å². The molecule has 0 atom stereocenters. The Balaban J connectivity index is 1.79. The van der Waals surface area contributed by atoms with E-state index in [2.05, 4.69) is 53.3 Å². The van der Waals surface area contributed by atoms with Crippen LogP contribution in [0.25, 0.3) is 0 Å². The number of benzene rings is 1. The number of guanidine groups is 1. The summed E-state index contributed by atoms with van der Waals surface area (Å²) in [5, 5.41) is 3.13. The second-order valence-corrected chi connectivity index (χ2v) is 6.18. The van der Waals surface area contributed by atoms with Crippen molar-refractivity contribution in [2.75, 3.05) is 32.8 Å². The van der Waals surface area contributed by atoms with Crippen molar-refractivity contribution in [3.05, 3.63) is 35.4 Å². The van der Waals surface area contributed by atoms with Crippen LogP contribution >= 0.6 is 0 Å². The summed E-state index contributed by atoms with van der Waals surface area (Å²) in [6.07, 6.45) is 0. The van der Waals surface area contributed by atoms with Gasteiger partial charge in [-0.05, 0) is 17.0 Å². The van der Waals surface area contributed by atoms with Gasteiger partial charge in [-0.3, -0.25) is 4.90 Å². The van der Waals surface area contributed by atoms with E-state index in [0.717, 1.165) is 39.4 Å². The van der Waals surface area contributed by atoms with Crippen LogP contribution in [-0.4, -0.2) is 43.7 Å². The molecule has 0 spiro atoms. The lowest BCUT2D eigenvalue weighted by molar-refractivity contribution is 0.0342. The van der Waals surface area contributed by atoms with Gasteiger partial charge in [-0.25, -0.2) is 4.99 Å². The Kier molecular flexibility index (Phi) is 6.68. The molecule has 1 aromatic carbocycles. The predicted molar refractivity (Wildman–Crippen MR) is 90.7 cm³/mol. The topological polar surface area (TPSA) is 62.9 Å². The third-order valence-electron chi connectivity index (χ3n) is 3.66. The average molecular weight is 304 g/mol. The number of nitrogens with one attached hydrogen (secondary N) is 1. The Morgan fingerprint density at radius 2 is 1.86 bits per heavy atom. The van der Waals surface area contributed by atoms with E-state index in [1.165, 1.54) is 11.1 Å². The van der Waals surface area contributed by atoms with E-state index in [-0.39, 0.29) is 0 Å². The third kappa shape index (κ3) is 6.03. The van der Waals surface area contributed by atoms with Crippen molar-refractivity contribution in [1.82, 2.24) is 10.2 Å². The van der Waals surface area contributed by atoms with E-state index < -0.39 is 0 Å². The maximum absolute atomic E-state index is 5.84. The van der Waals surface area contributed by atoms with Gasteiger partial charge in [0.25, 0.3) is 0 Å². The second-order valence-electron chi connectivity index (χ2n) is 6.18. The van der Waals surface area contributed by atoms with Gasteiger partial charge in [-0.15, -0.1) is 0 Å². The molecule has 1 fully saturated rings. The molecule has 1 aromatic rings. The Hall–Kier alpha value is -1.59. The number of aliphatic imine (C=N–C) groups is 1. The fourth-order valence-electron chi connectivity index (χ4n) is 2.31. The van der Waals surface area contributed by atoms with Crippen LogP contribution in [0.1, 0.15) is 25.0 Å². The van der Waals surface area contributed by atoms with Crippen LogP contribution in [-0.2, 0) is 17.8 Å². The SMILES string of the molecule is CC(C)CNC(N)=NCc1ccc(CN2CCOCC2)cc1. The molecule has 3 N–H and O–H groups in total. The molecule has 0 amide bonds. The minimum atomic E-state index is 0.520. The molecule has 1 saturated heterocycles. The Morgan fingerprint density at radius 1 is 1.23 bits per heavy atom. The van der Waals surface area contributed by atoms with E-state index in [4.69, 9.17) is 10.5 Å². The largest absolute Gasteiger partial charge is 0.379 e. The maximum Gasteiger partial charge on any atom is 0.188 e. The molecule has 1 aliphatic rings. The van der Waals surface area contributed by atoms with Gasteiger partial charge >= 0.3 is 0 Å². The minimum Gasteiger partial charge on any atom is -0.379 e. The summed E-state index contributed by atoms with van der Waals surface area (Å²) in [6.45, 7) is 10.5. The van der Waals surface area contributed by atoms with Crippen molar-refractivity contribution < 1.29 is 4.74 Å². The van der Waals surface area contributed by atoms with Crippen LogP contribution in [0.15, 0.2) is 29.3 Å². The molecule has 5 nitrogen and oxygen atoms in total. The highest BCUT2D eigenvalue weighted by Crippen LogP contribution is 2.10. The lowest BCUT2D eigenvalue weighted by Crippen LogP contribution is -2.35. The highest BCUT2D eigenvalue weighted by Gasteiger charge is 2.10. The zero-order valence-electron chi connectivity index (χ0n) is 13.7. The zero-order chi connectivity index (χ0) is 15.8. The number of hydrogen-bond donors (Lipinski definition) is 2. The van der Waals surface area contributed by atoms with Crippen LogP contribution in [0, 0.1) is 5.92 Å². The van der Waals surface area contributed by atoms with Crippen molar-refractivity contribution in [1.29, 1.82) is 0 Å². The summed E-state index contributed by atoms with van der Waals surface area (Å²) in [6, 6.07) is 8.63. The first kappa shape index (κ1) is 16.8. The monoisotopic (exact) mass is 304 g/mol. The van der Waals surface area contributed by atoms with Crippen LogP contribution in [0.2, 0.25) is 0 Å². The van der Waals surface area contributed by atoms with Crippen molar-refractivity contribution in [3.63, 3.8) is 0 Å². The molecule has 122 valence electrons. The molecule has 0 aliphatic carbocycles. The number of morpholine rings is 1. The van der Waals surface area contributed by atoms with Crippen LogP contribution in [0.4, 0.5) is 0 Å². The van der Waals surface area contributed by atoms with Crippen LogP contribution in [0.3, 0.4) is 0 Å². The first-order chi connectivity index (χ1) is 10.6. The van der Waals surface area contributed by atoms with Crippen LogP contribution in [0.5, 0.6) is 0 Å². The molecule has 0 radical (unpaired) electrons. The molecule has 0 bridgehead atoms. The molecular weight excluding hydrogens is 276 g/mol. The molecule has 0 saturated carbocycles. The first-order valence-electron chi connectivity index (χ1n) is 8.05. The standard InChI is InChI=1S/C17H28N4O/c1-14(2)11-19-17(18)20-12-15-3-5-16(6-4-15)13-21-7-9-22-10-8-21/h3-6,14H,7-13H2,1-2H3,(H3,18,19,20). The normalized spacial score (nSPS) is 17.0. The van der Waals surface area contributed by atoms with Crippen molar-refractivity contribution in [2.24, 2.45) is 16.6 Å². The fraction of sp³-hybridized carbons (Fsp3) is 0.588. The van der Waals surface area contributed by atoms with Gasteiger partial charge < -0.3 is 15.8 Å². The number of hydrogen-bond acceptors (Lipinski definition) is 3. The van der Waals surface area contributed by atoms with Gasteiger partial charge in [0.15, 0.2) is 5.96 Å². The highest BCUT2D eigenvalue weighted by atomic mass is 16.5. The van der Waals surface area contributed by atoms with Crippen LogP contribution < -0.4 is 11.1 Å². The molecule has 1 heterocycles. The summed E-state index contributed by atoms with van der Waals surface area (Å²) in [5.41, 5.74) is 8.36. The van der Waals surface area contributed by atoms with E-state index in [1.807, 2.05) is 0 Å². The number of nitrogens with zero attached hydrogens (tertiary/aromatic N) is 2. The molecular formula is C17H28N4O. The lowest BCUT2D eigenvalue weighted by atomic mass is 10.1. The Labute approximate surface area is 133 Å². The van der Waals surface area contributed by atoms with Gasteiger partial charge in [-0.1, -0.05) is 38.1 Å². The zero-order valence-corrected chi connectivity index (χ0v) is 13.7. The molecule has 1 aliphatic heterocycles. The second kappa shape index (κ2) is 8.76. The summed E-state index contributed by atoms with van der Waals surface area (Å²) in [5.74, 6) is 1.08. The van der Waals surface area contributed by atoms with E-state index in [9.17, 15) is 0 Å². The Morgan fingerprint density at radius 3 is 2.50 bits per heavy atom. The van der Waals surface area contributed by atoms with Crippen molar-refractivity contribution in [3.8, 4) is 0 Å². The molecule has 0 unspecified atom stereocenters. The molecule has 0 aromatic heterocycles. The number of rotatable bonds is 6. The Bertz CT molecular complexity index is 464. The van der Waals surface area contributed by atoms with Gasteiger partial charge in [0, 0.05) is 26.2 Å². The molecule has 2 rings (SSSR count). The fourth-order valence-corrected chi connectivity index (χ4v) is 2.31. The summed E-state index contributed by atoms with van der Waals surface area (Å²) >= 11 is 0. The predicted octanol–water partition coefficient (Wildman–Crippen LogP) is 1.58. The van der Waals surface area contributed by atoms with Gasteiger partial charge in [0.2, 0.25) is 0 Å². The smallest absolute Gasteiger partial charge is 0.188 e. The molecule has 5 heteroatoms. The lowest BCUT2D eigenvalue weighted by Gasteiger charge is -2.26. The summed E-state index contributed by atoms with van der Waals surface area (Å²) in [7, 11) is 0. The summed E-state index contributed by atoms with van der Waals surface area (Å²) < 4.78 is 5.37. The number of nitrogens with two attached hydrogens (primary N) is 1. The maximum atomic E-state index is 5.84. The third-order valence-corrected chi connectivity index (χ3v) is 3.66. The minimum absolute atomic E-state index is 0.520.